The fourth-order valence-electron chi connectivity index (χ4n) is 0.726. The fourth-order valence-corrected chi connectivity index (χ4v) is 1.36. The van der Waals surface area contributed by atoms with Gasteiger partial charge in [0.15, 0.2) is 6.29 Å². The van der Waals surface area contributed by atoms with E-state index in [0.29, 0.717) is 17.2 Å². The zero-order valence-electron chi connectivity index (χ0n) is 6.37. The van der Waals surface area contributed by atoms with Gasteiger partial charge in [-0.1, -0.05) is 6.92 Å². The van der Waals surface area contributed by atoms with Crippen LogP contribution in [0.5, 0.6) is 5.75 Å². The Hall–Kier alpha value is -0.830. The van der Waals surface area contributed by atoms with Crippen LogP contribution in [0.3, 0.4) is 0 Å². The van der Waals surface area contributed by atoms with Crippen molar-refractivity contribution in [2.24, 2.45) is 0 Å². The zero-order chi connectivity index (χ0) is 8.10. The summed E-state index contributed by atoms with van der Waals surface area (Å²) < 4.78 is 5.30. The number of hydrogen-bond donors (Lipinski definition) is 0. The minimum absolute atomic E-state index is 0.678. The number of aldehydes is 1. The summed E-state index contributed by atoms with van der Waals surface area (Å²) >= 11 is 1.41. The van der Waals surface area contributed by atoms with Gasteiger partial charge in [-0.3, -0.25) is 4.79 Å². The number of hydrogen-bond acceptors (Lipinski definition) is 3. The molecule has 60 valence electrons. The molecule has 0 aliphatic rings. The van der Waals surface area contributed by atoms with E-state index in [9.17, 15) is 4.79 Å². The summed E-state index contributed by atoms with van der Waals surface area (Å²) in [4.78, 5) is 11.1. The molecule has 0 aliphatic heterocycles. The van der Waals surface area contributed by atoms with Crippen LogP contribution in [-0.4, -0.2) is 12.9 Å². The Morgan fingerprint density at radius 1 is 1.73 bits per heavy atom. The molecule has 1 aromatic rings. The van der Waals surface area contributed by atoms with Crippen LogP contribution < -0.4 is 4.74 Å². The lowest BCUT2D eigenvalue weighted by molar-refractivity contribution is 0.112. The molecule has 0 bridgehead atoms. The number of carbonyl (C=O) groups is 1. The first-order valence-electron chi connectivity index (χ1n) is 3.54. The summed E-state index contributed by atoms with van der Waals surface area (Å²) in [6.07, 6.45) is 1.80. The second-order valence-corrected chi connectivity index (χ2v) is 3.06. The van der Waals surface area contributed by atoms with Gasteiger partial charge in [-0.25, -0.2) is 0 Å². The van der Waals surface area contributed by atoms with Gasteiger partial charge in [0.05, 0.1) is 6.61 Å². The van der Waals surface area contributed by atoms with E-state index in [0.717, 1.165) is 12.7 Å². The molecule has 1 aromatic heterocycles. The normalized spacial score (nSPS) is 9.55. The van der Waals surface area contributed by atoms with Crippen molar-refractivity contribution in [2.45, 2.75) is 13.3 Å². The molecule has 0 unspecified atom stereocenters. The Morgan fingerprint density at radius 2 is 2.55 bits per heavy atom. The third-order valence-electron chi connectivity index (χ3n) is 1.23. The number of thiophene rings is 1. The molecule has 0 fully saturated rings. The van der Waals surface area contributed by atoms with Crippen molar-refractivity contribution in [2.75, 3.05) is 6.61 Å². The zero-order valence-corrected chi connectivity index (χ0v) is 7.19. The van der Waals surface area contributed by atoms with Crippen molar-refractivity contribution < 1.29 is 9.53 Å². The SMILES string of the molecule is CCCOc1ccsc1C=O. The average molecular weight is 170 g/mol. The third-order valence-corrected chi connectivity index (χ3v) is 2.05. The minimum Gasteiger partial charge on any atom is -0.492 e. The highest BCUT2D eigenvalue weighted by Crippen LogP contribution is 2.22. The predicted molar refractivity (Wildman–Crippen MR) is 45.5 cm³/mol. The highest BCUT2D eigenvalue weighted by molar-refractivity contribution is 7.12. The van der Waals surface area contributed by atoms with Crippen molar-refractivity contribution in [3.8, 4) is 5.75 Å². The molecular weight excluding hydrogens is 160 g/mol. The van der Waals surface area contributed by atoms with Gasteiger partial charge in [0.1, 0.15) is 10.6 Å². The summed E-state index contributed by atoms with van der Waals surface area (Å²) in [6, 6.07) is 1.82. The summed E-state index contributed by atoms with van der Waals surface area (Å²) in [6.45, 7) is 2.71. The summed E-state index contributed by atoms with van der Waals surface area (Å²) in [5, 5.41) is 1.86. The Balaban J connectivity index is 2.61. The Kier molecular flexibility index (Phi) is 3.11. The minimum atomic E-state index is 0.678. The smallest absolute Gasteiger partial charge is 0.163 e. The maximum absolute atomic E-state index is 10.4. The lowest BCUT2D eigenvalue weighted by atomic mass is 10.4. The Morgan fingerprint density at radius 3 is 3.18 bits per heavy atom. The van der Waals surface area contributed by atoms with Gasteiger partial charge in [-0.15, -0.1) is 11.3 Å². The summed E-state index contributed by atoms with van der Waals surface area (Å²) in [7, 11) is 0. The van der Waals surface area contributed by atoms with Crippen LogP contribution in [0.25, 0.3) is 0 Å². The standard InChI is InChI=1S/C8H10O2S/c1-2-4-10-7-3-5-11-8(7)6-9/h3,5-6H,2,4H2,1H3. The predicted octanol–water partition coefficient (Wildman–Crippen LogP) is 2.35. The summed E-state index contributed by atoms with van der Waals surface area (Å²) in [5.74, 6) is 0.715. The van der Waals surface area contributed by atoms with E-state index in [4.69, 9.17) is 4.74 Å². The van der Waals surface area contributed by atoms with Crippen LogP contribution >= 0.6 is 11.3 Å². The van der Waals surface area contributed by atoms with Crippen molar-refractivity contribution in [1.82, 2.24) is 0 Å². The van der Waals surface area contributed by atoms with E-state index in [1.54, 1.807) is 0 Å². The van der Waals surface area contributed by atoms with Crippen molar-refractivity contribution >= 4 is 17.6 Å². The molecule has 0 radical (unpaired) electrons. The average Bonchev–Trinajstić information content (AvgIpc) is 2.47. The van der Waals surface area contributed by atoms with E-state index in [1.165, 1.54) is 11.3 Å². The second kappa shape index (κ2) is 4.13. The highest BCUT2D eigenvalue weighted by Gasteiger charge is 2.01. The Labute approximate surface area is 69.8 Å². The molecule has 0 saturated heterocycles. The van der Waals surface area contributed by atoms with Gasteiger partial charge in [-0.05, 0) is 17.9 Å². The highest BCUT2D eigenvalue weighted by atomic mass is 32.1. The molecular formula is C8H10O2S. The maximum Gasteiger partial charge on any atom is 0.163 e. The van der Waals surface area contributed by atoms with E-state index in [1.807, 2.05) is 18.4 Å². The van der Waals surface area contributed by atoms with Crippen LogP contribution in [0.4, 0.5) is 0 Å². The molecule has 0 saturated carbocycles. The molecule has 1 heterocycles. The van der Waals surface area contributed by atoms with E-state index in [2.05, 4.69) is 0 Å². The van der Waals surface area contributed by atoms with Crippen molar-refractivity contribution in [3.63, 3.8) is 0 Å². The second-order valence-electron chi connectivity index (χ2n) is 2.12. The number of carbonyl (C=O) groups excluding carboxylic acids is 1. The quantitative estimate of drug-likeness (QED) is 0.648. The molecule has 0 aliphatic carbocycles. The van der Waals surface area contributed by atoms with Crippen LogP contribution in [0.1, 0.15) is 23.0 Å². The fraction of sp³-hybridized carbons (Fsp3) is 0.375. The van der Waals surface area contributed by atoms with Crippen LogP contribution in [0.2, 0.25) is 0 Å². The van der Waals surface area contributed by atoms with Crippen LogP contribution in [0.15, 0.2) is 11.4 Å². The first kappa shape index (κ1) is 8.27. The lowest BCUT2D eigenvalue weighted by Crippen LogP contribution is -1.95. The van der Waals surface area contributed by atoms with Crippen molar-refractivity contribution in [3.05, 3.63) is 16.3 Å². The molecule has 3 heteroatoms. The molecule has 0 spiro atoms. The van der Waals surface area contributed by atoms with E-state index < -0.39 is 0 Å². The largest absolute Gasteiger partial charge is 0.492 e. The number of rotatable bonds is 4. The van der Waals surface area contributed by atoms with E-state index >= 15 is 0 Å². The van der Waals surface area contributed by atoms with Gasteiger partial charge in [0, 0.05) is 0 Å². The molecule has 0 aromatic carbocycles. The van der Waals surface area contributed by atoms with Crippen LogP contribution in [0, 0.1) is 0 Å². The maximum atomic E-state index is 10.4. The van der Waals surface area contributed by atoms with Gasteiger partial charge < -0.3 is 4.74 Å². The summed E-state index contributed by atoms with van der Waals surface area (Å²) in [5.41, 5.74) is 0. The van der Waals surface area contributed by atoms with Crippen molar-refractivity contribution in [1.29, 1.82) is 0 Å². The molecule has 0 atom stereocenters. The molecule has 1 rings (SSSR count). The first-order valence-corrected chi connectivity index (χ1v) is 4.42. The first-order chi connectivity index (χ1) is 5.38. The van der Waals surface area contributed by atoms with Gasteiger partial charge in [0.2, 0.25) is 0 Å². The molecule has 0 amide bonds. The van der Waals surface area contributed by atoms with Gasteiger partial charge in [0.25, 0.3) is 0 Å². The van der Waals surface area contributed by atoms with Gasteiger partial charge >= 0.3 is 0 Å². The third kappa shape index (κ3) is 2.05. The topological polar surface area (TPSA) is 26.3 Å². The van der Waals surface area contributed by atoms with Gasteiger partial charge in [-0.2, -0.15) is 0 Å². The molecule has 2 nitrogen and oxygen atoms in total. The number of ether oxygens (including phenoxy) is 1. The molecule has 0 N–H and O–H groups in total. The lowest BCUT2D eigenvalue weighted by Gasteiger charge is -2.00. The Bertz CT molecular complexity index is 230. The van der Waals surface area contributed by atoms with Crippen LogP contribution in [-0.2, 0) is 0 Å². The monoisotopic (exact) mass is 170 g/mol. The molecule has 11 heavy (non-hydrogen) atoms. The van der Waals surface area contributed by atoms with E-state index in [-0.39, 0.29) is 0 Å².